The van der Waals surface area contributed by atoms with Crippen LogP contribution < -0.4 is 10.5 Å². The SMILES string of the molecule is CC[C@H](C)[C@@H](C)Nc1cccc(S(N)(=O)=O)c1[N+](=O)[O-]. The van der Waals surface area contributed by atoms with Crippen molar-refractivity contribution in [2.45, 2.75) is 38.1 Å². The van der Waals surface area contributed by atoms with Crippen molar-refractivity contribution in [1.29, 1.82) is 0 Å². The molecule has 0 amide bonds. The van der Waals surface area contributed by atoms with Crippen LogP contribution in [0.5, 0.6) is 0 Å². The van der Waals surface area contributed by atoms with Crippen molar-refractivity contribution in [3.05, 3.63) is 28.3 Å². The van der Waals surface area contributed by atoms with Crippen LogP contribution in [0.3, 0.4) is 0 Å². The number of hydrogen-bond donors (Lipinski definition) is 2. The third-order valence-electron chi connectivity index (χ3n) is 3.37. The Balaban J connectivity index is 3.31. The molecule has 0 saturated heterocycles. The highest BCUT2D eigenvalue weighted by atomic mass is 32.2. The van der Waals surface area contributed by atoms with Crippen molar-refractivity contribution in [2.24, 2.45) is 11.1 Å². The second kappa shape index (κ2) is 6.19. The number of rotatable bonds is 6. The van der Waals surface area contributed by atoms with Crippen molar-refractivity contribution >= 4 is 21.4 Å². The minimum absolute atomic E-state index is 0.0329. The molecule has 1 rings (SSSR count). The van der Waals surface area contributed by atoms with Crippen LogP contribution in [0.4, 0.5) is 11.4 Å². The summed E-state index contributed by atoms with van der Waals surface area (Å²) in [5, 5.41) is 19.2. The Kier molecular flexibility index (Phi) is 5.07. The van der Waals surface area contributed by atoms with Gasteiger partial charge in [0.2, 0.25) is 10.0 Å². The van der Waals surface area contributed by atoms with E-state index in [9.17, 15) is 18.5 Å². The molecule has 0 heterocycles. The molecule has 1 aromatic carbocycles. The molecule has 3 N–H and O–H groups in total. The van der Waals surface area contributed by atoms with Crippen LogP contribution >= 0.6 is 0 Å². The van der Waals surface area contributed by atoms with Crippen molar-refractivity contribution in [3.8, 4) is 0 Å². The van der Waals surface area contributed by atoms with Crippen LogP contribution in [0.25, 0.3) is 0 Å². The van der Waals surface area contributed by atoms with Gasteiger partial charge in [-0.3, -0.25) is 10.1 Å². The van der Waals surface area contributed by atoms with Crippen LogP contribution in [0.1, 0.15) is 27.2 Å². The van der Waals surface area contributed by atoms with Gasteiger partial charge in [-0.2, -0.15) is 0 Å². The lowest BCUT2D eigenvalue weighted by Crippen LogP contribution is -2.24. The predicted molar refractivity (Wildman–Crippen MR) is 77.0 cm³/mol. The van der Waals surface area contributed by atoms with Gasteiger partial charge in [-0.05, 0) is 25.0 Å². The van der Waals surface area contributed by atoms with Gasteiger partial charge in [-0.25, -0.2) is 13.6 Å². The minimum atomic E-state index is -4.14. The summed E-state index contributed by atoms with van der Waals surface area (Å²) < 4.78 is 22.9. The van der Waals surface area contributed by atoms with Gasteiger partial charge in [0.1, 0.15) is 5.69 Å². The number of sulfonamides is 1. The molecule has 8 heteroatoms. The second-order valence-electron chi connectivity index (χ2n) is 4.77. The van der Waals surface area contributed by atoms with Crippen molar-refractivity contribution in [1.82, 2.24) is 0 Å². The van der Waals surface area contributed by atoms with E-state index in [4.69, 9.17) is 5.14 Å². The lowest BCUT2D eigenvalue weighted by atomic mass is 10.0. The number of hydrogen-bond acceptors (Lipinski definition) is 5. The van der Waals surface area contributed by atoms with Gasteiger partial charge < -0.3 is 5.32 Å². The van der Waals surface area contributed by atoms with Crippen LogP contribution in [0, 0.1) is 16.0 Å². The molecule has 2 atom stereocenters. The summed E-state index contributed by atoms with van der Waals surface area (Å²) in [5.41, 5.74) is -0.348. The third-order valence-corrected chi connectivity index (χ3v) is 4.31. The average Bonchev–Trinajstić information content (AvgIpc) is 2.36. The van der Waals surface area contributed by atoms with E-state index in [0.717, 1.165) is 12.5 Å². The Hall–Kier alpha value is -1.67. The molecule has 0 saturated carbocycles. The standard InChI is InChI=1S/C12H19N3O4S/c1-4-8(2)9(3)14-10-6-5-7-11(20(13,18)19)12(10)15(16)17/h5-9,14H,4H2,1-3H3,(H2,13,18,19)/t8-,9+/m0/s1. The normalized spacial score (nSPS) is 14.6. The zero-order valence-electron chi connectivity index (χ0n) is 11.7. The first kappa shape index (κ1) is 16.4. The maximum absolute atomic E-state index is 11.4. The zero-order valence-corrected chi connectivity index (χ0v) is 12.5. The number of nitrogens with zero attached hydrogens (tertiary/aromatic N) is 1. The summed E-state index contributed by atoms with van der Waals surface area (Å²) >= 11 is 0. The molecule has 20 heavy (non-hydrogen) atoms. The Bertz CT molecular complexity index is 601. The summed E-state index contributed by atoms with van der Waals surface area (Å²) in [6.45, 7) is 5.91. The van der Waals surface area contributed by atoms with E-state index < -0.39 is 25.5 Å². The Morgan fingerprint density at radius 3 is 2.45 bits per heavy atom. The van der Waals surface area contributed by atoms with E-state index >= 15 is 0 Å². The molecular weight excluding hydrogens is 282 g/mol. The Morgan fingerprint density at radius 1 is 1.40 bits per heavy atom. The predicted octanol–water partition coefficient (Wildman–Crippen LogP) is 2.09. The lowest BCUT2D eigenvalue weighted by Gasteiger charge is -2.21. The summed E-state index contributed by atoms with van der Waals surface area (Å²) in [6.07, 6.45) is 0.900. The number of nitrogens with two attached hydrogens (primary N) is 1. The minimum Gasteiger partial charge on any atom is -0.377 e. The maximum Gasteiger partial charge on any atom is 0.312 e. The zero-order chi connectivity index (χ0) is 15.5. The van der Waals surface area contributed by atoms with E-state index in [-0.39, 0.29) is 17.6 Å². The Labute approximate surface area is 118 Å². The van der Waals surface area contributed by atoms with Crippen molar-refractivity contribution in [2.75, 3.05) is 5.32 Å². The monoisotopic (exact) mass is 301 g/mol. The van der Waals surface area contributed by atoms with Gasteiger partial charge in [0, 0.05) is 6.04 Å². The molecule has 1 aromatic rings. The van der Waals surface area contributed by atoms with E-state index in [0.29, 0.717) is 0 Å². The molecule has 0 spiro atoms. The van der Waals surface area contributed by atoms with Gasteiger partial charge in [0.25, 0.3) is 0 Å². The number of para-hydroxylation sites is 1. The lowest BCUT2D eigenvalue weighted by molar-refractivity contribution is -0.386. The molecule has 0 aliphatic heterocycles. The maximum atomic E-state index is 11.4. The van der Waals surface area contributed by atoms with Gasteiger partial charge in [-0.1, -0.05) is 26.3 Å². The van der Waals surface area contributed by atoms with Gasteiger partial charge in [0.05, 0.1) is 4.92 Å². The largest absolute Gasteiger partial charge is 0.377 e. The first-order valence-electron chi connectivity index (χ1n) is 6.25. The number of benzene rings is 1. The summed E-state index contributed by atoms with van der Waals surface area (Å²) in [6, 6.07) is 4.01. The Morgan fingerprint density at radius 2 is 2.00 bits per heavy atom. The number of nitro groups is 1. The van der Waals surface area contributed by atoms with Crippen LogP contribution in [-0.2, 0) is 10.0 Å². The van der Waals surface area contributed by atoms with E-state index in [2.05, 4.69) is 5.32 Å². The molecule has 0 unspecified atom stereocenters. The summed E-state index contributed by atoms with van der Waals surface area (Å²) in [5.74, 6) is 0.285. The van der Waals surface area contributed by atoms with Gasteiger partial charge >= 0.3 is 5.69 Å². The van der Waals surface area contributed by atoms with E-state index in [1.54, 1.807) is 0 Å². The first-order valence-corrected chi connectivity index (χ1v) is 7.79. The molecule has 0 aromatic heterocycles. The second-order valence-corrected chi connectivity index (χ2v) is 6.30. The number of nitrogens with one attached hydrogen (secondary N) is 1. The third kappa shape index (κ3) is 3.67. The molecule has 0 fully saturated rings. The first-order chi connectivity index (χ1) is 9.18. The number of anilines is 1. The fourth-order valence-electron chi connectivity index (χ4n) is 1.80. The fraction of sp³-hybridized carbons (Fsp3) is 0.500. The van der Waals surface area contributed by atoms with E-state index in [1.165, 1.54) is 12.1 Å². The highest BCUT2D eigenvalue weighted by molar-refractivity contribution is 7.89. The molecule has 0 aliphatic carbocycles. The summed E-state index contributed by atoms with van der Waals surface area (Å²) in [7, 11) is -4.14. The van der Waals surface area contributed by atoms with Gasteiger partial charge in [-0.15, -0.1) is 0 Å². The fourth-order valence-corrected chi connectivity index (χ4v) is 2.52. The highest BCUT2D eigenvalue weighted by Gasteiger charge is 2.27. The molecule has 112 valence electrons. The summed E-state index contributed by atoms with van der Waals surface area (Å²) in [4.78, 5) is 9.94. The van der Waals surface area contributed by atoms with Gasteiger partial charge in [0.15, 0.2) is 4.90 Å². The van der Waals surface area contributed by atoms with E-state index in [1.807, 2.05) is 20.8 Å². The topological polar surface area (TPSA) is 115 Å². The average molecular weight is 301 g/mol. The quantitative estimate of drug-likeness (QED) is 0.616. The molecule has 0 radical (unpaired) electrons. The molecule has 0 aliphatic rings. The number of primary sulfonamides is 1. The van der Waals surface area contributed by atoms with Crippen LogP contribution in [0.2, 0.25) is 0 Å². The van der Waals surface area contributed by atoms with Crippen molar-refractivity contribution in [3.63, 3.8) is 0 Å². The van der Waals surface area contributed by atoms with Crippen molar-refractivity contribution < 1.29 is 13.3 Å². The van der Waals surface area contributed by atoms with Crippen LogP contribution in [-0.4, -0.2) is 19.4 Å². The highest BCUT2D eigenvalue weighted by Crippen LogP contribution is 2.32. The molecule has 7 nitrogen and oxygen atoms in total. The number of nitro benzene ring substituents is 1. The molecule has 0 bridgehead atoms. The molecular formula is C12H19N3O4S. The van der Waals surface area contributed by atoms with Crippen LogP contribution in [0.15, 0.2) is 23.1 Å². The smallest absolute Gasteiger partial charge is 0.312 e.